The molecule has 1 aliphatic heterocycles. The lowest BCUT2D eigenvalue weighted by molar-refractivity contribution is -0.111. The summed E-state index contributed by atoms with van der Waals surface area (Å²) in [4.78, 5) is 45.3. The number of nitrogens with one attached hydrogen (secondary N) is 2. The highest BCUT2D eigenvalue weighted by molar-refractivity contribution is 6.02. The first-order valence-electron chi connectivity index (χ1n) is 16.1. The molecule has 2 amide bonds. The summed E-state index contributed by atoms with van der Waals surface area (Å²) >= 11 is 0. The van der Waals surface area contributed by atoms with Gasteiger partial charge in [-0.3, -0.25) is 9.78 Å². The van der Waals surface area contributed by atoms with E-state index in [1.54, 1.807) is 20.2 Å². The van der Waals surface area contributed by atoms with Crippen LogP contribution in [0.5, 0.6) is 5.75 Å². The zero-order valence-corrected chi connectivity index (χ0v) is 30.2. The molecule has 12 nitrogen and oxygen atoms in total. The Bertz CT molecular complexity index is 1680. The molecular weight excluding hydrogens is 608 g/mol. The smallest absolute Gasteiger partial charge is 0.410 e. The van der Waals surface area contributed by atoms with Gasteiger partial charge in [0, 0.05) is 62.7 Å². The van der Waals surface area contributed by atoms with Crippen LogP contribution < -0.4 is 25.2 Å². The fourth-order valence-electron chi connectivity index (χ4n) is 5.48. The Hall–Kier alpha value is -4.87. The second-order valence-corrected chi connectivity index (χ2v) is 14.1. The highest BCUT2D eigenvalue weighted by Gasteiger charge is 2.39. The van der Waals surface area contributed by atoms with E-state index in [-0.39, 0.29) is 17.2 Å². The minimum atomic E-state index is -0.596. The first kappa shape index (κ1) is 36.0. The molecule has 3 aromatic rings. The predicted octanol–water partition coefficient (Wildman–Crippen LogP) is 6.91. The van der Waals surface area contributed by atoms with Crippen molar-refractivity contribution in [2.75, 3.05) is 61.3 Å². The Kier molecular flexibility index (Phi) is 10.6. The summed E-state index contributed by atoms with van der Waals surface area (Å²) in [7, 11) is 5.14. The van der Waals surface area contributed by atoms with Crippen molar-refractivity contribution in [2.24, 2.45) is 0 Å². The van der Waals surface area contributed by atoms with Crippen LogP contribution >= 0.6 is 0 Å². The number of rotatable bonds is 11. The molecule has 0 unspecified atom stereocenters. The van der Waals surface area contributed by atoms with Gasteiger partial charge in [0.05, 0.1) is 35.6 Å². The summed E-state index contributed by atoms with van der Waals surface area (Å²) < 4.78 is 11.3. The van der Waals surface area contributed by atoms with E-state index in [0.29, 0.717) is 41.8 Å². The number of aromatic nitrogens is 3. The van der Waals surface area contributed by atoms with Gasteiger partial charge >= 0.3 is 6.09 Å². The number of methoxy groups -OCH3 is 1. The second-order valence-electron chi connectivity index (χ2n) is 14.1. The van der Waals surface area contributed by atoms with E-state index in [1.807, 2.05) is 58.0 Å². The summed E-state index contributed by atoms with van der Waals surface area (Å²) in [6, 6.07) is 7.75. The SMILES string of the molecule is C=CC(=O)Nc1cc(Nc2ncc(C(C)C)c(N3CC(C)(C)c4nc(C)ccc43)n2)c(OC)cc1N(C)CCN(C)C(=O)OC(C)(C)C. The van der Waals surface area contributed by atoms with E-state index in [9.17, 15) is 9.59 Å². The number of hydrogen-bond donors (Lipinski definition) is 2. The Balaban J connectivity index is 1.69. The van der Waals surface area contributed by atoms with Crippen LogP contribution in [0.2, 0.25) is 0 Å². The lowest BCUT2D eigenvalue weighted by Crippen LogP contribution is -2.38. The van der Waals surface area contributed by atoms with Crippen LogP contribution in [0.25, 0.3) is 0 Å². The second kappa shape index (κ2) is 14.1. The van der Waals surface area contributed by atoms with Gasteiger partial charge in [-0.2, -0.15) is 4.98 Å². The van der Waals surface area contributed by atoms with Gasteiger partial charge in [0.25, 0.3) is 0 Å². The molecular formula is C36H50N8O4. The van der Waals surface area contributed by atoms with Crippen LogP contribution in [0, 0.1) is 6.92 Å². The van der Waals surface area contributed by atoms with Crippen molar-refractivity contribution in [3.8, 4) is 5.75 Å². The number of hydrogen-bond acceptors (Lipinski definition) is 10. The number of amides is 2. The number of pyridine rings is 1. The number of nitrogens with zero attached hydrogens (tertiary/aromatic N) is 6. The predicted molar refractivity (Wildman–Crippen MR) is 192 cm³/mol. The third-order valence-corrected chi connectivity index (χ3v) is 8.07. The fourth-order valence-corrected chi connectivity index (χ4v) is 5.48. The standard InChI is InChI=1S/C36H50N8O4/c1-13-30(45)39-25-18-26(29(47-12)19-28(25)42(10)16-17-43(11)34(46)48-35(5,6)7)40-33-37-20-24(22(2)3)32(41-33)44-21-36(8,9)31-27(44)15-14-23(4)38-31/h13-15,18-20,22H,1,16-17,21H2,2-12H3,(H,39,45)(H,37,40,41). The summed E-state index contributed by atoms with van der Waals surface area (Å²) in [6.45, 7) is 21.3. The summed E-state index contributed by atoms with van der Waals surface area (Å²) in [6.07, 6.45) is 2.66. The summed E-state index contributed by atoms with van der Waals surface area (Å²) in [5.74, 6) is 1.51. The third-order valence-electron chi connectivity index (χ3n) is 8.07. The normalized spacial score (nSPS) is 13.5. The summed E-state index contributed by atoms with van der Waals surface area (Å²) in [5, 5.41) is 6.25. The first-order chi connectivity index (χ1) is 22.4. The molecule has 48 heavy (non-hydrogen) atoms. The number of carbonyl (C=O) groups excluding carboxylic acids is 2. The molecule has 0 spiro atoms. The number of fused-ring (bicyclic) bond motifs is 1. The maximum atomic E-state index is 12.5. The van der Waals surface area contributed by atoms with E-state index in [1.165, 1.54) is 11.0 Å². The molecule has 3 heterocycles. The van der Waals surface area contributed by atoms with Crippen LogP contribution in [0.4, 0.5) is 39.3 Å². The molecule has 2 N–H and O–H groups in total. The molecule has 0 saturated heterocycles. The van der Waals surface area contributed by atoms with E-state index in [2.05, 4.69) is 60.9 Å². The van der Waals surface area contributed by atoms with E-state index < -0.39 is 11.7 Å². The van der Waals surface area contributed by atoms with Crippen LogP contribution in [0.1, 0.15) is 71.3 Å². The molecule has 0 aliphatic carbocycles. The van der Waals surface area contributed by atoms with Gasteiger partial charge in [-0.25, -0.2) is 9.78 Å². The Morgan fingerprint density at radius 1 is 1.12 bits per heavy atom. The van der Waals surface area contributed by atoms with Gasteiger partial charge in [-0.15, -0.1) is 0 Å². The van der Waals surface area contributed by atoms with Crippen LogP contribution in [-0.4, -0.2) is 78.3 Å². The van der Waals surface area contributed by atoms with Crippen molar-refractivity contribution < 1.29 is 19.1 Å². The third kappa shape index (κ3) is 8.15. The van der Waals surface area contributed by atoms with Crippen LogP contribution in [0.3, 0.4) is 0 Å². The molecule has 0 radical (unpaired) electrons. The molecule has 0 saturated carbocycles. The minimum Gasteiger partial charge on any atom is -0.494 e. The van der Waals surface area contributed by atoms with Crippen molar-refractivity contribution in [1.82, 2.24) is 19.9 Å². The van der Waals surface area contributed by atoms with E-state index >= 15 is 0 Å². The zero-order chi connectivity index (χ0) is 35.6. The molecule has 0 atom stereocenters. The maximum absolute atomic E-state index is 12.5. The number of likely N-dealkylation sites (N-methyl/N-ethyl adjacent to an activating group) is 2. The number of anilines is 6. The van der Waals surface area contributed by atoms with E-state index in [4.69, 9.17) is 19.4 Å². The van der Waals surface area contributed by atoms with Crippen LogP contribution in [-0.2, 0) is 14.9 Å². The van der Waals surface area contributed by atoms with Crippen LogP contribution in [0.15, 0.2) is 43.1 Å². The number of benzene rings is 1. The number of aryl methyl sites for hydroxylation is 1. The highest BCUT2D eigenvalue weighted by atomic mass is 16.6. The maximum Gasteiger partial charge on any atom is 0.410 e. The average molecular weight is 659 g/mol. The van der Waals surface area contributed by atoms with Gasteiger partial charge in [0.1, 0.15) is 17.2 Å². The van der Waals surface area contributed by atoms with Gasteiger partial charge in [-0.05, 0) is 57.9 Å². The largest absolute Gasteiger partial charge is 0.494 e. The zero-order valence-electron chi connectivity index (χ0n) is 30.2. The monoisotopic (exact) mass is 658 g/mol. The molecule has 4 rings (SSSR count). The fraction of sp³-hybridized carbons (Fsp3) is 0.472. The van der Waals surface area contributed by atoms with Gasteiger partial charge in [0.2, 0.25) is 11.9 Å². The van der Waals surface area contributed by atoms with Crippen molar-refractivity contribution in [2.45, 2.75) is 72.3 Å². The molecule has 12 heteroatoms. The Morgan fingerprint density at radius 3 is 2.46 bits per heavy atom. The van der Waals surface area contributed by atoms with Crippen molar-refractivity contribution in [3.05, 3.63) is 60.1 Å². The molecule has 258 valence electrons. The molecule has 1 aromatic carbocycles. The van der Waals surface area contributed by atoms with Crippen molar-refractivity contribution in [1.29, 1.82) is 0 Å². The van der Waals surface area contributed by atoms with Gasteiger partial charge in [0.15, 0.2) is 0 Å². The number of carbonyl (C=O) groups is 2. The minimum absolute atomic E-state index is 0.167. The molecule has 1 aliphatic rings. The number of ether oxygens (including phenoxy) is 2. The topological polar surface area (TPSA) is 125 Å². The van der Waals surface area contributed by atoms with Crippen molar-refractivity contribution >= 4 is 46.5 Å². The molecule has 0 fully saturated rings. The average Bonchev–Trinajstić information content (AvgIpc) is 3.28. The van der Waals surface area contributed by atoms with Gasteiger partial charge < -0.3 is 34.8 Å². The Morgan fingerprint density at radius 2 is 1.83 bits per heavy atom. The lowest BCUT2D eigenvalue weighted by Gasteiger charge is -2.28. The van der Waals surface area contributed by atoms with Crippen molar-refractivity contribution in [3.63, 3.8) is 0 Å². The molecule has 2 aromatic heterocycles. The first-order valence-corrected chi connectivity index (χ1v) is 16.1. The highest BCUT2D eigenvalue weighted by Crippen LogP contribution is 2.45. The quantitative estimate of drug-likeness (QED) is 0.210. The van der Waals surface area contributed by atoms with E-state index in [0.717, 1.165) is 35.0 Å². The lowest BCUT2D eigenvalue weighted by atomic mass is 9.91. The van der Waals surface area contributed by atoms with Gasteiger partial charge in [-0.1, -0.05) is 34.3 Å². The summed E-state index contributed by atoms with van der Waals surface area (Å²) in [5.41, 5.74) is 5.07. The molecule has 0 bridgehead atoms. The Labute approximate surface area is 284 Å².